The number of hydrogen-bond donors (Lipinski definition) is 1. The Morgan fingerprint density at radius 1 is 1.23 bits per heavy atom. The fraction of sp³-hybridized carbons (Fsp3) is 0.556. The van der Waals surface area contributed by atoms with Gasteiger partial charge in [0.25, 0.3) is 0 Å². The molecule has 0 aliphatic carbocycles. The van der Waals surface area contributed by atoms with Crippen LogP contribution in [0.1, 0.15) is 18.7 Å². The summed E-state index contributed by atoms with van der Waals surface area (Å²) < 4.78 is 0. The highest BCUT2D eigenvalue weighted by Crippen LogP contribution is 1.92. The van der Waals surface area contributed by atoms with Crippen molar-refractivity contribution >= 4 is 15.9 Å². The zero-order valence-electron chi connectivity index (χ0n) is 7.54. The summed E-state index contributed by atoms with van der Waals surface area (Å²) in [7, 11) is 0. The second-order valence-electron chi connectivity index (χ2n) is 2.74. The maximum Gasteiger partial charge on any atom is 0.141 e. The van der Waals surface area contributed by atoms with Gasteiger partial charge in [-0.2, -0.15) is 0 Å². The molecule has 0 bridgehead atoms. The van der Waals surface area contributed by atoms with E-state index in [1.807, 2.05) is 6.07 Å². The average molecular weight is 244 g/mol. The minimum atomic E-state index is 0.767. The van der Waals surface area contributed by atoms with Crippen molar-refractivity contribution in [2.45, 2.75) is 19.4 Å². The first-order chi connectivity index (χ1) is 6.43. The van der Waals surface area contributed by atoms with Crippen molar-refractivity contribution in [3.63, 3.8) is 0 Å². The average Bonchev–Trinajstić information content (AvgIpc) is 2.19. The SMILES string of the molecule is BrCCCCNCc1ncccn1. The minimum Gasteiger partial charge on any atom is -0.310 e. The lowest BCUT2D eigenvalue weighted by Crippen LogP contribution is -2.16. The number of aromatic nitrogens is 2. The topological polar surface area (TPSA) is 37.8 Å². The maximum absolute atomic E-state index is 4.11. The highest BCUT2D eigenvalue weighted by Gasteiger charge is 1.92. The second kappa shape index (κ2) is 6.97. The van der Waals surface area contributed by atoms with E-state index in [0.29, 0.717) is 0 Å². The Morgan fingerprint density at radius 2 is 2.00 bits per heavy atom. The molecule has 0 saturated carbocycles. The monoisotopic (exact) mass is 243 g/mol. The quantitative estimate of drug-likeness (QED) is 0.611. The molecular formula is C9H14BrN3. The van der Waals surface area contributed by atoms with Gasteiger partial charge >= 0.3 is 0 Å². The third-order valence-electron chi connectivity index (χ3n) is 1.64. The lowest BCUT2D eigenvalue weighted by molar-refractivity contribution is 0.625. The van der Waals surface area contributed by atoms with Crippen LogP contribution in [0.5, 0.6) is 0 Å². The van der Waals surface area contributed by atoms with E-state index in [9.17, 15) is 0 Å². The largest absolute Gasteiger partial charge is 0.310 e. The van der Waals surface area contributed by atoms with Gasteiger partial charge in [0.1, 0.15) is 5.82 Å². The van der Waals surface area contributed by atoms with Crippen LogP contribution in [0.25, 0.3) is 0 Å². The zero-order chi connectivity index (χ0) is 9.36. The summed E-state index contributed by atoms with van der Waals surface area (Å²) in [5.41, 5.74) is 0. The smallest absolute Gasteiger partial charge is 0.141 e. The predicted molar refractivity (Wildman–Crippen MR) is 56.8 cm³/mol. The Bertz CT molecular complexity index is 215. The fourth-order valence-electron chi connectivity index (χ4n) is 0.966. The van der Waals surface area contributed by atoms with Crippen LogP contribution >= 0.6 is 15.9 Å². The Labute approximate surface area is 87.1 Å². The Morgan fingerprint density at radius 3 is 2.69 bits per heavy atom. The van der Waals surface area contributed by atoms with Crippen LogP contribution < -0.4 is 5.32 Å². The molecule has 0 amide bonds. The van der Waals surface area contributed by atoms with Crippen molar-refractivity contribution in [3.05, 3.63) is 24.3 Å². The van der Waals surface area contributed by atoms with Gasteiger partial charge in [-0.25, -0.2) is 9.97 Å². The van der Waals surface area contributed by atoms with Gasteiger partial charge in [-0.05, 0) is 25.5 Å². The number of rotatable bonds is 6. The number of hydrogen-bond acceptors (Lipinski definition) is 3. The van der Waals surface area contributed by atoms with E-state index < -0.39 is 0 Å². The summed E-state index contributed by atoms with van der Waals surface area (Å²) in [6.45, 7) is 1.80. The molecular weight excluding hydrogens is 230 g/mol. The number of alkyl halides is 1. The van der Waals surface area contributed by atoms with Gasteiger partial charge in [0.2, 0.25) is 0 Å². The molecule has 72 valence electrons. The molecule has 1 N–H and O–H groups in total. The molecule has 0 spiro atoms. The van der Waals surface area contributed by atoms with Gasteiger partial charge in [-0.1, -0.05) is 15.9 Å². The molecule has 0 fully saturated rings. The van der Waals surface area contributed by atoms with Crippen LogP contribution in [0.4, 0.5) is 0 Å². The van der Waals surface area contributed by atoms with E-state index >= 15 is 0 Å². The summed E-state index contributed by atoms with van der Waals surface area (Å²) in [5.74, 6) is 0.862. The van der Waals surface area contributed by atoms with Gasteiger partial charge in [0.05, 0.1) is 6.54 Å². The highest BCUT2D eigenvalue weighted by atomic mass is 79.9. The first-order valence-corrected chi connectivity index (χ1v) is 5.58. The highest BCUT2D eigenvalue weighted by molar-refractivity contribution is 9.09. The van der Waals surface area contributed by atoms with Crippen molar-refractivity contribution in [3.8, 4) is 0 Å². The van der Waals surface area contributed by atoms with Crippen molar-refractivity contribution in [1.29, 1.82) is 0 Å². The number of halogens is 1. The number of unbranched alkanes of at least 4 members (excludes halogenated alkanes) is 1. The Kier molecular flexibility index (Phi) is 5.69. The van der Waals surface area contributed by atoms with E-state index in [4.69, 9.17) is 0 Å². The first-order valence-electron chi connectivity index (χ1n) is 4.46. The Hall–Kier alpha value is -0.480. The molecule has 1 heterocycles. The number of nitrogens with zero attached hydrogens (tertiary/aromatic N) is 2. The van der Waals surface area contributed by atoms with E-state index in [1.165, 1.54) is 12.8 Å². The first kappa shape index (κ1) is 10.6. The normalized spacial score (nSPS) is 10.2. The van der Waals surface area contributed by atoms with Crippen LogP contribution in [0.2, 0.25) is 0 Å². The standard InChI is InChI=1S/C9H14BrN3/c10-4-1-2-5-11-8-9-12-6-3-7-13-9/h3,6-7,11H,1-2,4-5,8H2. The summed E-state index contributed by atoms with van der Waals surface area (Å²) in [6.07, 6.45) is 5.94. The Balaban J connectivity index is 2.07. The van der Waals surface area contributed by atoms with Gasteiger partial charge in [-0.3, -0.25) is 0 Å². The van der Waals surface area contributed by atoms with Gasteiger partial charge in [0, 0.05) is 17.7 Å². The molecule has 0 aliphatic rings. The molecule has 1 aromatic heterocycles. The molecule has 1 rings (SSSR count). The summed E-state index contributed by atoms with van der Waals surface area (Å²) in [5, 5.41) is 4.37. The van der Waals surface area contributed by atoms with E-state index in [-0.39, 0.29) is 0 Å². The molecule has 3 nitrogen and oxygen atoms in total. The van der Waals surface area contributed by atoms with Crippen LogP contribution in [0.15, 0.2) is 18.5 Å². The molecule has 0 atom stereocenters. The van der Waals surface area contributed by atoms with Crippen LogP contribution in [-0.2, 0) is 6.54 Å². The summed E-state index contributed by atoms with van der Waals surface area (Å²) >= 11 is 3.39. The van der Waals surface area contributed by atoms with Crippen molar-refractivity contribution in [2.24, 2.45) is 0 Å². The lowest BCUT2D eigenvalue weighted by Gasteiger charge is -2.01. The molecule has 4 heteroatoms. The van der Waals surface area contributed by atoms with Gasteiger partial charge in [0.15, 0.2) is 0 Å². The predicted octanol–water partition coefficient (Wildman–Crippen LogP) is 1.74. The van der Waals surface area contributed by atoms with Gasteiger partial charge in [-0.15, -0.1) is 0 Å². The molecule has 1 aromatic rings. The van der Waals surface area contributed by atoms with Crippen molar-refractivity contribution in [1.82, 2.24) is 15.3 Å². The second-order valence-corrected chi connectivity index (χ2v) is 3.53. The third-order valence-corrected chi connectivity index (χ3v) is 2.20. The van der Waals surface area contributed by atoms with Crippen LogP contribution in [0.3, 0.4) is 0 Å². The van der Waals surface area contributed by atoms with E-state index in [0.717, 1.165) is 24.2 Å². The van der Waals surface area contributed by atoms with Crippen molar-refractivity contribution in [2.75, 3.05) is 11.9 Å². The van der Waals surface area contributed by atoms with Gasteiger partial charge < -0.3 is 5.32 Å². The molecule has 0 saturated heterocycles. The fourth-order valence-corrected chi connectivity index (χ4v) is 1.36. The van der Waals surface area contributed by atoms with Crippen LogP contribution in [-0.4, -0.2) is 21.8 Å². The molecule has 0 unspecified atom stereocenters. The molecule has 0 aliphatic heterocycles. The van der Waals surface area contributed by atoms with Crippen molar-refractivity contribution < 1.29 is 0 Å². The minimum absolute atomic E-state index is 0.767. The van der Waals surface area contributed by atoms with E-state index in [2.05, 4.69) is 31.2 Å². The van der Waals surface area contributed by atoms with E-state index in [1.54, 1.807) is 12.4 Å². The lowest BCUT2D eigenvalue weighted by atomic mass is 10.3. The molecule has 0 aromatic carbocycles. The molecule has 0 radical (unpaired) electrons. The maximum atomic E-state index is 4.11. The summed E-state index contributed by atoms with van der Waals surface area (Å²) in [4.78, 5) is 8.23. The summed E-state index contributed by atoms with van der Waals surface area (Å²) in [6, 6.07) is 1.83. The molecule has 13 heavy (non-hydrogen) atoms. The van der Waals surface area contributed by atoms with Crippen LogP contribution in [0, 0.1) is 0 Å². The number of nitrogens with one attached hydrogen (secondary N) is 1. The third kappa shape index (κ3) is 4.95. The zero-order valence-corrected chi connectivity index (χ0v) is 9.13.